The van der Waals surface area contributed by atoms with Gasteiger partial charge in [-0.1, -0.05) is 23.7 Å². The highest BCUT2D eigenvalue weighted by atomic mass is 35.5. The van der Waals surface area contributed by atoms with Crippen LogP contribution in [0.5, 0.6) is 0 Å². The molecule has 1 heterocycles. The quantitative estimate of drug-likeness (QED) is 0.679. The summed E-state index contributed by atoms with van der Waals surface area (Å²) in [5.41, 5.74) is 1.14. The number of hydrogen-bond donors (Lipinski definition) is 0. The Labute approximate surface area is 79.8 Å². The van der Waals surface area contributed by atoms with Crippen LogP contribution in [0.15, 0.2) is 30.3 Å². The van der Waals surface area contributed by atoms with Gasteiger partial charge >= 0.3 is 0 Å². The van der Waals surface area contributed by atoms with Crippen molar-refractivity contribution >= 4 is 23.1 Å². The lowest BCUT2D eigenvalue weighted by Crippen LogP contribution is -1.69. The Morgan fingerprint density at radius 1 is 1.25 bits per heavy atom. The van der Waals surface area contributed by atoms with Crippen LogP contribution in [0.2, 0.25) is 5.02 Å². The molecule has 1 nitrogen and oxygen atoms in total. The molecule has 1 aromatic heterocycles. The average Bonchev–Trinajstić information content (AvgIpc) is 2.58. The molecule has 0 spiro atoms. The number of benzene rings is 1. The molecule has 0 saturated carbocycles. The van der Waals surface area contributed by atoms with Crippen LogP contribution >= 0.6 is 23.1 Å². The molecule has 0 atom stereocenters. The zero-order valence-corrected chi connectivity index (χ0v) is 7.69. The Morgan fingerprint density at radius 3 is 2.58 bits per heavy atom. The molecule has 0 fully saturated rings. The van der Waals surface area contributed by atoms with Gasteiger partial charge < -0.3 is 0 Å². The van der Waals surface area contributed by atoms with Crippen molar-refractivity contribution in [3.63, 3.8) is 0 Å². The Bertz CT molecular complexity index is 353. The van der Waals surface area contributed by atoms with E-state index < -0.39 is 0 Å². The molecular formula is C9H5ClNS. The molecule has 3 heteroatoms. The van der Waals surface area contributed by atoms with Gasteiger partial charge in [0.05, 0.1) is 4.88 Å². The van der Waals surface area contributed by atoms with Crippen LogP contribution in [0.4, 0.5) is 0 Å². The number of aromatic nitrogens is 1. The summed E-state index contributed by atoms with van der Waals surface area (Å²) in [5.74, 6) is 0. The number of nitrogens with zero attached hydrogens (tertiary/aromatic N) is 1. The van der Waals surface area contributed by atoms with Crippen molar-refractivity contribution in [3.05, 3.63) is 41.6 Å². The van der Waals surface area contributed by atoms with Crippen molar-refractivity contribution in [2.75, 3.05) is 0 Å². The number of hydrogen-bond acceptors (Lipinski definition) is 2. The van der Waals surface area contributed by atoms with Crippen LogP contribution in [0.25, 0.3) is 10.4 Å². The lowest BCUT2D eigenvalue weighted by Gasteiger charge is -1.94. The van der Waals surface area contributed by atoms with Crippen LogP contribution < -0.4 is 0 Å². The van der Waals surface area contributed by atoms with Gasteiger partial charge in [0.25, 0.3) is 0 Å². The largest absolute Gasteiger partial charge is 0.190 e. The molecular weight excluding hydrogens is 190 g/mol. The molecule has 2 rings (SSSR count). The third-order valence-corrected chi connectivity index (χ3v) is 2.52. The molecule has 0 aliphatic rings. The number of rotatable bonds is 1. The van der Waals surface area contributed by atoms with Gasteiger partial charge in [-0.25, -0.2) is 0 Å². The highest BCUT2D eigenvalue weighted by Crippen LogP contribution is 2.23. The Morgan fingerprint density at radius 2 is 2.00 bits per heavy atom. The van der Waals surface area contributed by atoms with E-state index in [9.17, 15) is 0 Å². The van der Waals surface area contributed by atoms with Gasteiger partial charge in [0.1, 0.15) is 6.20 Å². The standard InChI is InChI=1S/C9H5ClNS/c10-8-3-1-7(2-4-8)9-5-6-11-12-9/h1-5H. The second-order valence-electron chi connectivity index (χ2n) is 2.33. The van der Waals surface area contributed by atoms with Crippen molar-refractivity contribution in [1.82, 2.24) is 4.37 Å². The molecule has 2 aromatic rings. The molecule has 0 bridgehead atoms. The minimum atomic E-state index is 0.757. The van der Waals surface area contributed by atoms with E-state index in [1.807, 2.05) is 30.3 Å². The maximum absolute atomic E-state index is 5.75. The maximum atomic E-state index is 5.75. The SMILES string of the molecule is Clc1ccc(-c2c[c]ns2)cc1. The fraction of sp³-hybridized carbons (Fsp3) is 0. The first-order valence-corrected chi connectivity index (χ1v) is 4.60. The molecule has 0 aliphatic carbocycles. The van der Waals surface area contributed by atoms with Crippen molar-refractivity contribution in [2.45, 2.75) is 0 Å². The molecule has 12 heavy (non-hydrogen) atoms. The van der Waals surface area contributed by atoms with E-state index in [0.29, 0.717) is 0 Å². The van der Waals surface area contributed by atoms with E-state index in [0.717, 1.165) is 15.5 Å². The van der Waals surface area contributed by atoms with Gasteiger partial charge in [-0.2, -0.15) is 4.37 Å². The Kier molecular flexibility index (Phi) is 2.11. The summed E-state index contributed by atoms with van der Waals surface area (Å²) in [6.07, 6.45) is 2.78. The summed E-state index contributed by atoms with van der Waals surface area (Å²) in [4.78, 5) is 1.12. The lowest BCUT2D eigenvalue weighted by atomic mass is 10.2. The Balaban J connectivity index is 2.43. The first-order valence-electron chi connectivity index (χ1n) is 3.45. The summed E-state index contributed by atoms with van der Waals surface area (Å²) in [7, 11) is 0. The molecule has 59 valence electrons. The third kappa shape index (κ3) is 1.49. The van der Waals surface area contributed by atoms with Crippen molar-refractivity contribution in [1.29, 1.82) is 0 Å². The summed E-state index contributed by atoms with van der Waals surface area (Å²) < 4.78 is 3.90. The molecule has 0 N–H and O–H groups in total. The minimum absolute atomic E-state index is 0.757. The zero-order valence-electron chi connectivity index (χ0n) is 6.12. The van der Waals surface area contributed by atoms with Gasteiger partial charge in [-0.05, 0) is 35.3 Å². The average molecular weight is 195 g/mol. The van der Waals surface area contributed by atoms with Gasteiger partial charge in [-0.15, -0.1) is 0 Å². The van der Waals surface area contributed by atoms with E-state index in [4.69, 9.17) is 11.6 Å². The van der Waals surface area contributed by atoms with Crippen LogP contribution in [0.3, 0.4) is 0 Å². The normalized spacial score (nSPS) is 10.1. The smallest absolute Gasteiger partial charge is 0.104 e. The summed E-state index contributed by atoms with van der Waals surface area (Å²) in [5, 5.41) is 0.757. The van der Waals surface area contributed by atoms with Gasteiger partial charge in [0.15, 0.2) is 0 Å². The fourth-order valence-corrected chi connectivity index (χ4v) is 1.61. The minimum Gasteiger partial charge on any atom is -0.190 e. The summed E-state index contributed by atoms with van der Waals surface area (Å²) in [6, 6.07) is 9.56. The van der Waals surface area contributed by atoms with Crippen LogP contribution in [-0.4, -0.2) is 4.37 Å². The first-order chi connectivity index (χ1) is 5.86. The van der Waals surface area contributed by atoms with Gasteiger partial charge in [0, 0.05) is 5.02 Å². The van der Waals surface area contributed by atoms with Crippen LogP contribution in [0.1, 0.15) is 0 Å². The summed E-state index contributed by atoms with van der Waals surface area (Å²) in [6.45, 7) is 0. The summed E-state index contributed by atoms with van der Waals surface area (Å²) >= 11 is 7.19. The molecule has 1 radical (unpaired) electrons. The van der Waals surface area contributed by atoms with E-state index in [1.54, 1.807) is 0 Å². The predicted octanol–water partition coefficient (Wildman–Crippen LogP) is 3.26. The van der Waals surface area contributed by atoms with E-state index >= 15 is 0 Å². The highest BCUT2D eigenvalue weighted by Gasteiger charge is 1.97. The molecule has 0 aliphatic heterocycles. The lowest BCUT2D eigenvalue weighted by molar-refractivity contribution is 1.56. The zero-order chi connectivity index (χ0) is 8.39. The fourth-order valence-electron chi connectivity index (χ4n) is 0.937. The topological polar surface area (TPSA) is 12.9 Å². The first kappa shape index (κ1) is 7.77. The number of halogens is 1. The Hall–Kier alpha value is -0.860. The van der Waals surface area contributed by atoms with Crippen LogP contribution in [0, 0.1) is 6.20 Å². The van der Waals surface area contributed by atoms with Gasteiger partial charge in [0.2, 0.25) is 0 Å². The molecule has 0 unspecified atom stereocenters. The van der Waals surface area contributed by atoms with E-state index in [1.165, 1.54) is 11.5 Å². The molecule has 0 saturated heterocycles. The van der Waals surface area contributed by atoms with E-state index in [2.05, 4.69) is 10.6 Å². The third-order valence-electron chi connectivity index (χ3n) is 1.52. The van der Waals surface area contributed by atoms with Crippen LogP contribution in [-0.2, 0) is 0 Å². The van der Waals surface area contributed by atoms with Crippen molar-refractivity contribution in [3.8, 4) is 10.4 Å². The predicted molar refractivity (Wildman–Crippen MR) is 51.4 cm³/mol. The molecule has 1 aromatic carbocycles. The second kappa shape index (κ2) is 3.25. The van der Waals surface area contributed by atoms with Gasteiger partial charge in [-0.3, -0.25) is 0 Å². The second-order valence-corrected chi connectivity index (χ2v) is 3.57. The monoisotopic (exact) mass is 194 g/mol. The maximum Gasteiger partial charge on any atom is 0.104 e. The van der Waals surface area contributed by atoms with Crippen molar-refractivity contribution in [2.24, 2.45) is 0 Å². The highest BCUT2D eigenvalue weighted by molar-refractivity contribution is 7.09. The van der Waals surface area contributed by atoms with Crippen molar-refractivity contribution < 1.29 is 0 Å². The van der Waals surface area contributed by atoms with E-state index in [-0.39, 0.29) is 0 Å². The molecule has 0 amide bonds.